The molecule has 0 fully saturated rings. The Morgan fingerprint density at radius 3 is 2.44 bits per heavy atom. The molecular weight excluding hydrogens is 314 g/mol. The highest BCUT2D eigenvalue weighted by Crippen LogP contribution is 2.27. The van der Waals surface area contributed by atoms with Gasteiger partial charge in [-0.1, -0.05) is 24.3 Å². The van der Waals surface area contributed by atoms with Crippen LogP contribution < -0.4 is 11.1 Å². The number of aromatic carboxylic acids is 1. The van der Waals surface area contributed by atoms with Crippen molar-refractivity contribution in [2.24, 2.45) is 0 Å². The lowest BCUT2D eigenvalue weighted by Crippen LogP contribution is -2.01. The normalized spacial score (nSPS) is 10.0. The van der Waals surface area contributed by atoms with Crippen molar-refractivity contribution in [1.29, 1.82) is 5.26 Å². The summed E-state index contributed by atoms with van der Waals surface area (Å²) >= 11 is 0. The van der Waals surface area contributed by atoms with Crippen LogP contribution in [0.4, 0.5) is 17.1 Å². The highest BCUT2D eigenvalue weighted by Gasteiger charge is 2.07. The molecule has 25 heavy (non-hydrogen) atoms. The highest BCUT2D eigenvalue weighted by molar-refractivity contribution is 5.91. The zero-order valence-electron chi connectivity index (χ0n) is 13.2. The minimum absolute atomic E-state index is 0.168. The molecule has 0 saturated heterocycles. The number of nitrogens with one attached hydrogen (secondary N) is 1. The zero-order chi connectivity index (χ0) is 17.8. The van der Waals surface area contributed by atoms with Crippen LogP contribution >= 0.6 is 0 Å². The van der Waals surface area contributed by atoms with Gasteiger partial charge in [-0.3, -0.25) is 0 Å². The van der Waals surface area contributed by atoms with Crippen molar-refractivity contribution in [3.05, 3.63) is 77.9 Å². The number of nitrogens with zero attached hydrogens (tertiary/aromatic N) is 1. The maximum atomic E-state index is 11.1. The number of anilines is 3. The summed E-state index contributed by atoms with van der Waals surface area (Å²) in [6, 6.07) is 21.6. The van der Waals surface area contributed by atoms with Gasteiger partial charge in [0.25, 0.3) is 0 Å². The molecule has 0 aromatic heterocycles. The number of nitrogens with two attached hydrogens (primary N) is 1. The molecule has 0 bridgehead atoms. The Bertz CT molecular complexity index is 973. The molecule has 0 spiro atoms. The van der Waals surface area contributed by atoms with E-state index in [1.807, 2.05) is 42.5 Å². The largest absolute Gasteiger partial charge is 0.478 e. The van der Waals surface area contributed by atoms with Crippen molar-refractivity contribution >= 4 is 23.0 Å². The third kappa shape index (κ3) is 3.59. The highest BCUT2D eigenvalue weighted by atomic mass is 16.4. The standard InChI is InChI=1S/C20H15N3O2/c21-12-13-2-1-3-15(10-13)14-4-7-17(8-5-14)23-19-11-16(20(24)25)6-9-18(19)22/h1-11,23H,22H2,(H,24,25). The predicted molar refractivity (Wildman–Crippen MR) is 97.7 cm³/mol. The third-order valence-electron chi connectivity index (χ3n) is 3.79. The Balaban J connectivity index is 1.85. The lowest BCUT2D eigenvalue weighted by Gasteiger charge is -2.11. The van der Waals surface area contributed by atoms with Crippen LogP contribution in [0.3, 0.4) is 0 Å². The van der Waals surface area contributed by atoms with E-state index in [0.29, 0.717) is 16.9 Å². The second-order valence-corrected chi connectivity index (χ2v) is 5.50. The fraction of sp³-hybridized carbons (Fsp3) is 0. The van der Waals surface area contributed by atoms with Crippen LogP contribution in [0.1, 0.15) is 15.9 Å². The van der Waals surface area contributed by atoms with E-state index in [4.69, 9.17) is 16.1 Å². The molecule has 122 valence electrons. The summed E-state index contributed by atoms with van der Waals surface area (Å²) in [5.74, 6) is -1.00. The summed E-state index contributed by atoms with van der Waals surface area (Å²) in [6.07, 6.45) is 0. The zero-order valence-corrected chi connectivity index (χ0v) is 13.2. The molecule has 5 nitrogen and oxygen atoms in total. The van der Waals surface area contributed by atoms with Gasteiger partial charge in [0.05, 0.1) is 28.6 Å². The monoisotopic (exact) mass is 329 g/mol. The molecule has 4 N–H and O–H groups in total. The summed E-state index contributed by atoms with van der Waals surface area (Å²) in [5.41, 5.74) is 10.4. The van der Waals surface area contributed by atoms with E-state index in [9.17, 15) is 4.79 Å². The first-order chi connectivity index (χ1) is 12.1. The van der Waals surface area contributed by atoms with E-state index in [-0.39, 0.29) is 5.56 Å². The van der Waals surface area contributed by atoms with E-state index in [1.165, 1.54) is 12.1 Å². The molecule has 0 atom stereocenters. The van der Waals surface area contributed by atoms with Gasteiger partial charge in [-0.15, -0.1) is 0 Å². The van der Waals surface area contributed by atoms with Gasteiger partial charge in [-0.2, -0.15) is 5.26 Å². The van der Waals surface area contributed by atoms with E-state index in [2.05, 4.69) is 11.4 Å². The van der Waals surface area contributed by atoms with E-state index in [1.54, 1.807) is 12.1 Å². The van der Waals surface area contributed by atoms with Crippen LogP contribution in [-0.4, -0.2) is 11.1 Å². The number of rotatable bonds is 4. The average molecular weight is 329 g/mol. The van der Waals surface area contributed by atoms with Crippen molar-refractivity contribution in [1.82, 2.24) is 0 Å². The number of carbonyl (C=O) groups is 1. The van der Waals surface area contributed by atoms with Gasteiger partial charge in [-0.05, 0) is 53.6 Å². The Morgan fingerprint density at radius 1 is 1.00 bits per heavy atom. The van der Waals surface area contributed by atoms with Crippen molar-refractivity contribution in [3.63, 3.8) is 0 Å². The van der Waals surface area contributed by atoms with E-state index in [0.717, 1.165) is 16.8 Å². The molecule has 3 aromatic carbocycles. The smallest absolute Gasteiger partial charge is 0.335 e. The first kappa shape index (κ1) is 16.1. The van der Waals surface area contributed by atoms with Gasteiger partial charge in [0.2, 0.25) is 0 Å². The van der Waals surface area contributed by atoms with Gasteiger partial charge < -0.3 is 16.2 Å². The lowest BCUT2D eigenvalue weighted by molar-refractivity contribution is 0.0697. The Labute approximate surface area is 145 Å². The number of hydrogen-bond acceptors (Lipinski definition) is 4. The number of hydrogen-bond donors (Lipinski definition) is 3. The Hall–Kier alpha value is -3.78. The van der Waals surface area contributed by atoms with Crippen molar-refractivity contribution < 1.29 is 9.90 Å². The molecule has 3 aromatic rings. The third-order valence-corrected chi connectivity index (χ3v) is 3.79. The first-order valence-electron chi connectivity index (χ1n) is 7.57. The fourth-order valence-electron chi connectivity index (χ4n) is 2.47. The molecule has 0 heterocycles. The predicted octanol–water partition coefficient (Wildman–Crippen LogP) is 4.25. The second-order valence-electron chi connectivity index (χ2n) is 5.50. The van der Waals surface area contributed by atoms with Crippen molar-refractivity contribution in [2.75, 3.05) is 11.1 Å². The minimum atomic E-state index is -1.00. The number of carboxylic acids is 1. The van der Waals surface area contributed by atoms with Gasteiger partial charge in [0.15, 0.2) is 0 Å². The first-order valence-corrected chi connectivity index (χ1v) is 7.57. The summed E-state index contributed by atoms with van der Waals surface area (Å²) in [4.78, 5) is 11.1. The SMILES string of the molecule is N#Cc1cccc(-c2ccc(Nc3cc(C(=O)O)ccc3N)cc2)c1. The number of carboxylic acid groups (broad SMARTS) is 1. The average Bonchev–Trinajstić information content (AvgIpc) is 2.64. The van der Waals surface area contributed by atoms with E-state index < -0.39 is 5.97 Å². The maximum Gasteiger partial charge on any atom is 0.335 e. The minimum Gasteiger partial charge on any atom is -0.478 e. The molecule has 3 rings (SSSR count). The van der Waals surface area contributed by atoms with Crippen LogP contribution in [0.15, 0.2) is 66.7 Å². The fourth-order valence-corrected chi connectivity index (χ4v) is 2.47. The lowest BCUT2D eigenvalue weighted by atomic mass is 10.0. The van der Waals surface area contributed by atoms with Gasteiger partial charge >= 0.3 is 5.97 Å². The molecule has 0 radical (unpaired) electrons. The van der Waals surface area contributed by atoms with Crippen molar-refractivity contribution in [2.45, 2.75) is 0 Å². The number of nitrogen functional groups attached to an aromatic ring is 1. The van der Waals surface area contributed by atoms with Gasteiger partial charge in [-0.25, -0.2) is 4.79 Å². The maximum absolute atomic E-state index is 11.1. The summed E-state index contributed by atoms with van der Waals surface area (Å²) in [7, 11) is 0. The van der Waals surface area contributed by atoms with Crippen LogP contribution in [0, 0.1) is 11.3 Å². The van der Waals surface area contributed by atoms with Gasteiger partial charge in [0, 0.05) is 5.69 Å². The second kappa shape index (κ2) is 6.77. The molecule has 0 amide bonds. The molecule has 0 aliphatic heterocycles. The molecule has 5 heteroatoms. The van der Waals surface area contributed by atoms with Crippen molar-refractivity contribution in [3.8, 4) is 17.2 Å². The van der Waals surface area contributed by atoms with E-state index >= 15 is 0 Å². The molecule has 0 aliphatic carbocycles. The summed E-state index contributed by atoms with van der Waals surface area (Å²) in [6.45, 7) is 0. The van der Waals surface area contributed by atoms with Crippen LogP contribution in [-0.2, 0) is 0 Å². The quantitative estimate of drug-likeness (QED) is 0.621. The van der Waals surface area contributed by atoms with Crippen LogP contribution in [0.5, 0.6) is 0 Å². The topological polar surface area (TPSA) is 99.1 Å². The Morgan fingerprint density at radius 2 is 1.76 bits per heavy atom. The number of benzene rings is 3. The number of nitriles is 1. The molecule has 0 unspecified atom stereocenters. The summed E-state index contributed by atoms with van der Waals surface area (Å²) in [5, 5.41) is 21.2. The van der Waals surface area contributed by atoms with Crippen LogP contribution in [0.2, 0.25) is 0 Å². The summed E-state index contributed by atoms with van der Waals surface area (Å²) < 4.78 is 0. The van der Waals surface area contributed by atoms with Crippen LogP contribution in [0.25, 0.3) is 11.1 Å². The molecule has 0 saturated carbocycles. The molecular formula is C20H15N3O2. The molecule has 0 aliphatic rings. The Kier molecular flexibility index (Phi) is 4.36. The van der Waals surface area contributed by atoms with Gasteiger partial charge in [0.1, 0.15) is 0 Å².